The molecule has 1 aromatic heterocycles. The second kappa shape index (κ2) is 7.88. The first-order valence-corrected chi connectivity index (χ1v) is 11.3. The zero-order valence-corrected chi connectivity index (χ0v) is 17.9. The topological polar surface area (TPSA) is 67.5 Å². The van der Waals surface area contributed by atoms with Gasteiger partial charge in [-0.2, -0.15) is 0 Å². The van der Waals surface area contributed by atoms with Gasteiger partial charge in [0.2, 0.25) is 0 Å². The molecule has 1 aliphatic rings. The number of rotatable bonds is 6. The highest BCUT2D eigenvalue weighted by Gasteiger charge is 2.41. The summed E-state index contributed by atoms with van der Waals surface area (Å²) in [5.74, 6) is 0.138. The molecule has 4 nitrogen and oxygen atoms in total. The number of hydrogen-bond acceptors (Lipinski definition) is 4. The van der Waals surface area contributed by atoms with Crippen LogP contribution in [-0.4, -0.2) is 19.6 Å². The number of furan rings is 1. The Morgan fingerprint density at radius 1 is 1.18 bits per heavy atom. The fourth-order valence-corrected chi connectivity index (χ4v) is 6.22. The van der Waals surface area contributed by atoms with Crippen LogP contribution in [0.5, 0.6) is 0 Å². The van der Waals surface area contributed by atoms with Crippen LogP contribution in [-0.2, 0) is 9.84 Å². The van der Waals surface area contributed by atoms with E-state index in [4.69, 9.17) is 4.42 Å². The molecule has 28 heavy (non-hydrogen) atoms. The molecule has 3 atom stereocenters. The van der Waals surface area contributed by atoms with E-state index in [9.17, 15) is 13.5 Å². The fraction of sp³-hybridized carbons (Fsp3) is 0.478. The molecular formula is C23H30O4S. The molecule has 2 aromatic rings. The molecule has 1 aliphatic carbocycles. The number of aliphatic hydroxyl groups excluding tert-OH is 1. The van der Waals surface area contributed by atoms with Crippen LogP contribution in [0.15, 0.2) is 63.8 Å². The van der Waals surface area contributed by atoms with Crippen molar-refractivity contribution in [3.63, 3.8) is 0 Å². The highest BCUT2D eigenvalue weighted by molar-refractivity contribution is 7.91. The Kier molecular flexibility index (Phi) is 5.87. The molecule has 0 radical (unpaired) electrons. The van der Waals surface area contributed by atoms with E-state index in [0.29, 0.717) is 12.0 Å². The molecular weight excluding hydrogens is 372 g/mol. The minimum absolute atomic E-state index is 0.0222. The van der Waals surface area contributed by atoms with Crippen molar-refractivity contribution in [3.8, 4) is 0 Å². The van der Waals surface area contributed by atoms with E-state index in [2.05, 4.69) is 26.8 Å². The van der Waals surface area contributed by atoms with Crippen molar-refractivity contribution in [1.29, 1.82) is 0 Å². The first-order valence-electron chi connectivity index (χ1n) is 9.80. The van der Waals surface area contributed by atoms with Crippen LogP contribution in [0.1, 0.15) is 56.4 Å². The van der Waals surface area contributed by atoms with Crippen molar-refractivity contribution in [2.75, 3.05) is 0 Å². The number of aryl methyl sites for hydroxylation is 1. The van der Waals surface area contributed by atoms with Crippen LogP contribution in [0.3, 0.4) is 0 Å². The first kappa shape index (κ1) is 20.9. The highest BCUT2D eigenvalue weighted by atomic mass is 32.2. The lowest BCUT2D eigenvalue weighted by molar-refractivity contribution is 0.0976. The molecule has 152 valence electrons. The number of hydrogen-bond donors (Lipinski definition) is 1. The average molecular weight is 403 g/mol. The maximum atomic E-state index is 13.5. The monoisotopic (exact) mass is 402 g/mol. The maximum absolute atomic E-state index is 13.5. The normalized spacial score (nSPS) is 21.8. The Labute approximate surface area is 168 Å². The summed E-state index contributed by atoms with van der Waals surface area (Å²) in [6, 6.07) is 8.42. The Morgan fingerprint density at radius 3 is 2.43 bits per heavy atom. The Hall–Kier alpha value is -1.85. The van der Waals surface area contributed by atoms with Crippen molar-refractivity contribution < 1.29 is 17.9 Å². The molecule has 1 aromatic carbocycles. The Bertz CT molecular complexity index is 921. The molecule has 0 amide bonds. The lowest BCUT2D eigenvalue weighted by atomic mass is 9.66. The van der Waals surface area contributed by atoms with Gasteiger partial charge in [-0.3, -0.25) is 0 Å². The van der Waals surface area contributed by atoms with Crippen molar-refractivity contribution in [1.82, 2.24) is 0 Å². The minimum atomic E-state index is -3.78. The third kappa shape index (κ3) is 4.11. The molecule has 0 fully saturated rings. The zero-order chi connectivity index (χ0) is 20.5. The van der Waals surface area contributed by atoms with Gasteiger partial charge in [-0.1, -0.05) is 43.2 Å². The number of sulfone groups is 1. The third-order valence-electron chi connectivity index (χ3n) is 6.13. The quantitative estimate of drug-likeness (QED) is 0.671. The van der Waals surface area contributed by atoms with Gasteiger partial charge in [0.25, 0.3) is 0 Å². The summed E-state index contributed by atoms with van der Waals surface area (Å²) < 4.78 is 32.1. The summed E-state index contributed by atoms with van der Waals surface area (Å²) in [7, 11) is -3.78. The molecule has 0 unspecified atom stereocenters. The van der Waals surface area contributed by atoms with E-state index in [-0.39, 0.29) is 16.2 Å². The van der Waals surface area contributed by atoms with Gasteiger partial charge in [0.05, 0.1) is 23.5 Å². The van der Waals surface area contributed by atoms with Gasteiger partial charge in [-0.15, -0.1) is 0 Å². The largest absolute Gasteiger partial charge is 0.472 e. The molecule has 1 heterocycles. The van der Waals surface area contributed by atoms with Crippen LogP contribution >= 0.6 is 0 Å². The molecule has 3 rings (SSSR count). The lowest BCUT2D eigenvalue weighted by Crippen LogP contribution is -2.35. The summed E-state index contributed by atoms with van der Waals surface area (Å²) in [5, 5.41) is 10.1. The summed E-state index contributed by atoms with van der Waals surface area (Å²) in [4.78, 5) is 0.221. The molecule has 0 aliphatic heterocycles. The van der Waals surface area contributed by atoms with E-state index in [1.165, 1.54) is 18.1 Å². The van der Waals surface area contributed by atoms with E-state index in [0.717, 1.165) is 18.4 Å². The molecule has 0 spiro atoms. The maximum Gasteiger partial charge on any atom is 0.188 e. The molecule has 5 heteroatoms. The molecule has 0 saturated heterocycles. The van der Waals surface area contributed by atoms with Gasteiger partial charge in [-0.25, -0.2) is 8.42 Å². The first-order chi connectivity index (χ1) is 13.1. The van der Waals surface area contributed by atoms with Crippen molar-refractivity contribution in [2.45, 2.75) is 63.2 Å². The van der Waals surface area contributed by atoms with E-state index < -0.39 is 21.2 Å². The van der Waals surface area contributed by atoms with Gasteiger partial charge >= 0.3 is 0 Å². The van der Waals surface area contributed by atoms with Crippen LogP contribution in [0, 0.1) is 18.3 Å². The number of aliphatic hydroxyl groups is 1. The molecule has 0 saturated carbocycles. The molecule has 1 N–H and O–H groups in total. The average Bonchev–Trinajstić information content (AvgIpc) is 3.12. The number of allylic oxidation sites excluding steroid dienone is 2. The van der Waals surface area contributed by atoms with Gasteiger partial charge in [-0.05, 0) is 62.6 Å². The lowest BCUT2D eigenvalue weighted by Gasteiger charge is -2.40. The third-order valence-corrected chi connectivity index (χ3v) is 8.31. The fourth-order valence-electron chi connectivity index (χ4n) is 4.39. The van der Waals surface area contributed by atoms with Crippen LogP contribution in [0.25, 0.3) is 0 Å². The Morgan fingerprint density at radius 2 is 1.86 bits per heavy atom. The summed E-state index contributed by atoms with van der Waals surface area (Å²) in [5.41, 5.74) is 2.73. The second-order valence-electron chi connectivity index (χ2n) is 8.67. The predicted octanol–water partition coefficient (Wildman–Crippen LogP) is 5.24. The van der Waals surface area contributed by atoms with Crippen LogP contribution in [0.2, 0.25) is 0 Å². The zero-order valence-electron chi connectivity index (χ0n) is 17.1. The number of benzene rings is 1. The Balaban J connectivity index is 1.98. The summed E-state index contributed by atoms with van der Waals surface area (Å²) >= 11 is 0. The SMILES string of the molecule is CC1=CCCC(C)(C)[C@@H]1C[C@@H](O)[C@@H](c1ccoc1)S(=O)(=O)c1ccc(C)cc1. The van der Waals surface area contributed by atoms with Crippen molar-refractivity contribution in [2.24, 2.45) is 11.3 Å². The summed E-state index contributed by atoms with van der Waals surface area (Å²) in [6.45, 7) is 8.39. The van der Waals surface area contributed by atoms with E-state index in [1.54, 1.807) is 30.3 Å². The predicted molar refractivity (Wildman–Crippen MR) is 111 cm³/mol. The second-order valence-corrected chi connectivity index (χ2v) is 10.7. The standard InChI is InChI=1S/C23H30O4S/c1-16-7-9-19(10-8-16)28(25,26)22(18-11-13-27-15-18)21(24)14-20-17(2)6-5-12-23(20,3)4/h6-11,13,15,20-22,24H,5,12,14H2,1-4H3/t20-,21-,22-/m1/s1. The van der Waals surface area contributed by atoms with E-state index >= 15 is 0 Å². The smallest absolute Gasteiger partial charge is 0.188 e. The van der Waals surface area contributed by atoms with Crippen molar-refractivity contribution >= 4 is 9.84 Å². The van der Waals surface area contributed by atoms with Crippen LogP contribution in [0.4, 0.5) is 0 Å². The van der Waals surface area contributed by atoms with Gasteiger partial charge in [0.1, 0.15) is 5.25 Å². The minimum Gasteiger partial charge on any atom is -0.472 e. The van der Waals surface area contributed by atoms with Gasteiger partial charge in [0.15, 0.2) is 9.84 Å². The van der Waals surface area contributed by atoms with Crippen molar-refractivity contribution in [3.05, 3.63) is 65.6 Å². The summed E-state index contributed by atoms with van der Waals surface area (Å²) in [6.07, 6.45) is 6.51. The van der Waals surface area contributed by atoms with Gasteiger partial charge < -0.3 is 9.52 Å². The molecule has 0 bridgehead atoms. The van der Waals surface area contributed by atoms with Gasteiger partial charge in [0, 0.05) is 5.56 Å². The van der Waals surface area contributed by atoms with Crippen LogP contribution < -0.4 is 0 Å². The highest BCUT2D eigenvalue weighted by Crippen LogP contribution is 2.45. The van der Waals surface area contributed by atoms with E-state index in [1.807, 2.05) is 6.92 Å².